The number of aliphatic hydroxyl groups is 1. The molecule has 1 aliphatic carbocycles. The number of esters is 1. The molecule has 3 nitrogen and oxygen atoms in total. The zero-order chi connectivity index (χ0) is 18.9. The van der Waals surface area contributed by atoms with Gasteiger partial charge in [0.2, 0.25) is 0 Å². The van der Waals surface area contributed by atoms with Crippen molar-refractivity contribution in [3.8, 4) is 11.1 Å². The molecule has 1 N–H and O–H groups in total. The molecule has 0 atom stereocenters. The van der Waals surface area contributed by atoms with Gasteiger partial charge in [0, 0.05) is 5.57 Å². The van der Waals surface area contributed by atoms with Crippen LogP contribution in [0.2, 0.25) is 0 Å². The monoisotopic (exact) mass is 356 g/mol. The van der Waals surface area contributed by atoms with Crippen molar-refractivity contribution < 1.29 is 14.6 Å². The fourth-order valence-electron chi connectivity index (χ4n) is 3.81. The second-order valence-electron chi connectivity index (χ2n) is 6.81. The maximum Gasteiger partial charge on any atom is 0.321 e. The quantitative estimate of drug-likeness (QED) is 0.522. The van der Waals surface area contributed by atoms with Crippen LogP contribution in [0.5, 0.6) is 0 Å². The zero-order valence-corrected chi connectivity index (χ0v) is 15.1. The molecule has 0 unspecified atom stereocenters. The number of fused-ring (bicyclic) bond motifs is 3. The van der Waals surface area contributed by atoms with Gasteiger partial charge in [0.1, 0.15) is 12.0 Å². The zero-order valence-electron chi connectivity index (χ0n) is 15.1. The van der Waals surface area contributed by atoms with Crippen LogP contribution < -0.4 is 0 Å². The fraction of sp³-hybridized carbons (Fsp3) is 0.125. The highest BCUT2D eigenvalue weighted by Crippen LogP contribution is 2.49. The predicted molar refractivity (Wildman–Crippen MR) is 106 cm³/mol. The van der Waals surface area contributed by atoms with Gasteiger partial charge in [-0.25, -0.2) is 0 Å². The molecule has 0 bridgehead atoms. The summed E-state index contributed by atoms with van der Waals surface area (Å²) in [6, 6.07) is 25.3. The smallest absolute Gasteiger partial charge is 0.321 e. The lowest BCUT2D eigenvalue weighted by Gasteiger charge is -2.25. The molecule has 0 aromatic heterocycles. The van der Waals surface area contributed by atoms with E-state index in [2.05, 4.69) is 0 Å². The molecule has 3 heteroatoms. The molecule has 0 amide bonds. The van der Waals surface area contributed by atoms with E-state index in [-0.39, 0.29) is 12.6 Å². The third kappa shape index (κ3) is 2.72. The largest absolute Gasteiger partial charge is 0.515 e. The van der Waals surface area contributed by atoms with Crippen molar-refractivity contribution in [1.82, 2.24) is 0 Å². The Balaban J connectivity index is 1.66. The molecular weight excluding hydrogens is 336 g/mol. The Kier molecular flexibility index (Phi) is 4.28. The lowest BCUT2D eigenvalue weighted by atomic mass is 9.80. The van der Waals surface area contributed by atoms with Crippen molar-refractivity contribution in [1.29, 1.82) is 0 Å². The predicted octanol–water partition coefficient (Wildman–Crippen LogP) is 5.12. The van der Waals surface area contributed by atoms with Crippen LogP contribution in [-0.4, -0.2) is 17.7 Å². The highest BCUT2D eigenvalue weighted by atomic mass is 16.5. The first-order valence-corrected chi connectivity index (χ1v) is 8.91. The van der Waals surface area contributed by atoms with Crippen LogP contribution >= 0.6 is 0 Å². The van der Waals surface area contributed by atoms with Crippen LogP contribution in [0.15, 0.2) is 85.1 Å². The van der Waals surface area contributed by atoms with Gasteiger partial charge in [-0.15, -0.1) is 0 Å². The van der Waals surface area contributed by atoms with Crippen LogP contribution in [0.1, 0.15) is 23.6 Å². The van der Waals surface area contributed by atoms with Crippen molar-refractivity contribution in [3.05, 3.63) is 102 Å². The molecule has 0 spiro atoms. The van der Waals surface area contributed by atoms with E-state index in [4.69, 9.17) is 4.74 Å². The molecule has 0 fully saturated rings. The summed E-state index contributed by atoms with van der Waals surface area (Å²) in [7, 11) is 0. The van der Waals surface area contributed by atoms with Crippen LogP contribution in [0, 0.1) is 0 Å². The summed E-state index contributed by atoms with van der Waals surface area (Å²) in [5.41, 5.74) is 4.54. The normalized spacial score (nSPS) is 14.3. The van der Waals surface area contributed by atoms with Crippen LogP contribution in [0.3, 0.4) is 0 Å². The second kappa shape index (κ2) is 6.76. The van der Waals surface area contributed by atoms with E-state index in [0.717, 1.165) is 34.1 Å². The van der Waals surface area contributed by atoms with E-state index >= 15 is 0 Å². The number of benzene rings is 3. The SMILES string of the molecule is CC1(C(=O)OCC(=CO)c2ccccc2)c2ccccc2-c2ccccc21. The Morgan fingerprint density at radius 1 is 0.889 bits per heavy atom. The highest BCUT2D eigenvalue weighted by molar-refractivity contribution is 5.97. The van der Waals surface area contributed by atoms with Gasteiger partial charge in [0.15, 0.2) is 0 Å². The Labute approximate surface area is 158 Å². The van der Waals surface area contributed by atoms with Gasteiger partial charge in [0.05, 0.1) is 6.26 Å². The van der Waals surface area contributed by atoms with Crippen molar-refractivity contribution in [2.24, 2.45) is 0 Å². The molecule has 27 heavy (non-hydrogen) atoms. The average molecular weight is 356 g/mol. The fourth-order valence-corrected chi connectivity index (χ4v) is 3.81. The van der Waals surface area contributed by atoms with Gasteiger partial charge in [-0.1, -0.05) is 78.9 Å². The summed E-state index contributed by atoms with van der Waals surface area (Å²) in [5, 5.41) is 9.58. The van der Waals surface area contributed by atoms with E-state index in [1.807, 2.05) is 85.8 Å². The number of carbonyl (C=O) groups is 1. The molecule has 3 aromatic rings. The van der Waals surface area contributed by atoms with E-state index < -0.39 is 5.41 Å². The summed E-state index contributed by atoms with van der Waals surface area (Å²) in [6.45, 7) is 1.92. The number of carbonyl (C=O) groups excluding carboxylic acids is 1. The summed E-state index contributed by atoms with van der Waals surface area (Å²) in [4.78, 5) is 13.2. The summed E-state index contributed by atoms with van der Waals surface area (Å²) < 4.78 is 5.68. The van der Waals surface area contributed by atoms with Crippen molar-refractivity contribution in [2.75, 3.05) is 6.61 Å². The molecule has 0 radical (unpaired) electrons. The van der Waals surface area contributed by atoms with Crippen LogP contribution in [0.25, 0.3) is 16.7 Å². The molecule has 134 valence electrons. The number of hydrogen-bond acceptors (Lipinski definition) is 3. The molecule has 0 heterocycles. The van der Waals surface area contributed by atoms with Crippen LogP contribution in [0.4, 0.5) is 0 Å². The molecule has 4 rings (SSSR count). The topological polar surface area (TPSA) is 46.5 Å². The lowest BCUT2D eigenvalue weighted by Crippen LogP contribution is -2.34. The molecule has 1 aliphatic rings. The van der Waals surface area contributed by atoms with Gasteiger partial charge in [-0.05, 0) is 34.7 Å². The number of aliphatic hydroxyl groups excluding tert-OH is 1. The molecule has 0 aliphatic heterocycles. The Morgan fingerprint density at radius 3 is 1.96 bits per heavy atom. The maximum atomic E-state index is 13.2. The minimum atomic E-state index is -0.871. The first kappa shape index (κ1) is 17.1. The minimum Gasteiger partial charge on any atom is -0.515 e. The van der Waals surface area contributed by atoms with E-state index in [1.165, 1.54) is 0 Å². The van der Waals surface area contributed by atoms with E-state index in [9.17, 15) is 9.90 Å². The lowest BCUT2D eigenvalue weighted by molar-refractivity contribution is -0.146. The molecule has 0 saturated heterocycles. The second-order valence-corrected chi connectivity index (χ2v) is 6.81. The van der Waals surface area contributed by atoms with Crippen molar-refractivity contribution in [2.45, 2.75) is 12.3 Å². The van der Waals surface area contributed by atoms with Crippen molar-refractivity contribution >= 4 is 11.5 Å². The average Bonchev–Trinajstić information content (AvgIpc) is 3.00. The van der Waals surface area contributed by atoms with E-state index in [0.29, 0.717) is 5.57 Å². The maximum absolute atomic E-state index is 13.2. The van der Waals surface area contributed by atoms with Crippen molar-refractivity contribution in [3.63, 3.8) is 0 Å². The van der Waals surface area contributed by atoms with Gasteiger partial charge in [-0.2, -0.15) is 0 Å². The molecular formula is C24H20O3. The van der Waals surface area contributed by atoms with Gasteiger partial charge in [-0.3, -0.25) is 4.79 Å². The Bertz CT molecular complexity index is 973. The first-order valence-electron chi connectivity index (χ1n) is 8.91. The number of rotatable bonds is 4. The third-order valence-corrected chi connectivity index (χ3v) is 5.29. The van der Waals surface area contributed by atoms with Gasteiger partial charge >= 0.3 is 5.97 Å². The van der Waals surface area contributed by atoms with Crippen LogP contribution in [-0.2, 0) is 14.9 Å². The molecule has 0 saturated carbocycles. The first-order chi connectivity index (χ1) is 13.2. The van der Waals surface area contributed by atoms with Gasteiger partial charge in [0.25, 0.3) is 0 Å². The molecule has 3 aromatic carbocycles. The van der Waals surface area contributed by atoms with E-state index in [1.54, 1.807) is 0 Å². The minimum absolute atomic E-state index is 0.0132. The third-order valence-electron chi connectivity index (χ3n) is 5.29. The standard InChI is InChI=1S/C24H20O3/c1-24(23(26)27-16-18(15-25)17-9-3-2-4-10-17)21-13-7-5-11-19(21)20-12-6-8-14-22(20)24/h2-15,25H,16H2,1H3. The number of ether oxygens (including phenoxy) is 1. The summed E-state index contributed by atoms with van der Waals surface area (Å²) in [5.74, 6) is -0.324. The Hall–Kier alpha value is -3.33. The van der Waals surface area contributed by atoms with Gasteiger partial charge < -0.3 is 9.84 Å². The Morgan fingerprint density at radius 2 is 1.41 bits per heavy atom. The summed E-state index contributed by atoms with van der Waals surface area (Å²) >= 11 is 0. The highest BCUT2D eigenvalue weighted by Gasteiger charge is 2.46. The summed E-state index contributed by atoms with van der Waals surface area (Å²) in [6.07, 6.45) is 1.00. The number of hydrogen-bond donors (Lipinski definition) is 1.